The van der Waals surface area contributed by atoms with Gasteiger partial charge in [-0.1, -0.05) is 51.3 Å². The molecule has 2 aliphatic heterocycles. The first-order valence-corrected chi connectivity index (χ1v) is 18.5. The highest BCUT2D eigenvalue weighted by atomic mass is 79.9. The fourth-order valence-electron chi connectivity index (χ4n) is 9.20. The molecular weight excluding hydrogens is 781 g/mol. The number of nitrogens with zero attached hydrogens (tertiary/aromatic N) is 3. The number of methoxy groups -OCH3 is 1. The lowest BCUT2D eigenvalue weighted by molar-refractivity contribution is -0.131. The van der Waals surface area contributed by atoms with Crippen molar-refractivity contribution in [1.82, 2.24) is 4.98 Å². The van der Waals surface area contributed by atoms with E-state index >= 15 is 0 Å². The minimum Gasteiger partial charge on any atom is -0.504 e. The number of oxazole rings is 1. The Morgan fingerprint density at radius 3 is 2.41 bits per heavy atom. The van der Waals surface area contributed by atoms with Crippen LogP contribution in [-0.2, 0) is 19.2 Å². The molecule has 2 saturated heterocycles. The molecule has 4 aromatic carbocycles. The van der Waals surface area contributed by atoms with Crippen molar-refractivity contribution < 1.29 is 37.8 Å². The summed E-state index contributed by atoms with van der Waals surface area (Å²) in [7, 11) is 1.41. The van der Waals surface area contributed by atoms with Gasteiger partial charge in [0.2, 0.25) is 29.5 Å². The Hall–Kier alpha value is -5.33. The molecular formula is C41H30BrClFN3O7. The lowest BCUT2D eigenvalue weighted by Crippen LogP contribution is -2.49. The Labute approximate surface area is 321 Å². The number of rotatable bonds is 5. The van der Waals surface area contributed by atoms with Crippen LogP contribution < -0.4 is 14.5 Å². The van der Waals surface area contributed by atoms with E-state index in [9.17, 15) is 28.7 Å². The molecule has 0 radical (unpaired) electrons. The number of fused-ring (bicyclic) bond motifs is 5. The standard InChI is InChI=1S/C41H30BrClFN3O7/c1-41-27(38(50)47(40(41)52)22-11-14-29(44)28(43)17-22)18-25-23(34(41)26-15-20(42)16-32(53-2)35(26)48)12-13-24-33(25)39(51)46(37(24)49)21-9-7-19(8-10-21)36-45-30-5-3-4-6-31(30)54-36/h3-12,14-17,24-25,27,33-34,48H,13,18H2,1-2H3. The van der Waals surface area contributed by atoms with Crippen molar-refractivity contribution in [2.45, 2.75) is 25.7 Å². The molecule has 272 valence electrons. The molecule has 10 nitrogen and oxygen atoms in total. The SMILES string of the molecule is COc1cc(Br)cc(C2C3=CCC4C(=O)N(c5ccc(-c6nc7ccccc7o6)cc5)C(=O)C4C3CC3C(=O)N(c4ccc(F)c(Cl)c4)C(=O)C32C)c1O. The van der Waals surface area contributed by atoms with Crippen molar-refractivity contribution in [2.75, 3.05) is 16.9 Å². The van der Waals surface area contributed by atoms with E-state index in [1.165, 1.54) is 24.1 Å². The van der Waals surface area contributed by atoms with Crippen molar-refractivity contribution in [1.29, 1.82) is 0 Å². The normalized spacial score (nSPS) is 26.2. The average molecular weight is 811 g/mol. The predicted molar refractivity (Wildman–Crippen MR) is 200 cm³/mol. The number of aromatic nitrogens is 1. The van der Waals surface area contributed by atoms with Crippen LogP contribution in [0.15, 0.2) is 99.4 Å². The third-order valence-corrected chi connectivity index (χ3v) is 12.4. The fraction of sp³-hybridized carbons (Fsp3) is 0.244. The maximum absolute atomic E-state index is 14.7. The molecule has 13 heteroatoms. The lowest BCUT2D eigenvalue weighted by Gasteiger charge is -2.49. The fourth-order valence-corrected chi connectivity index (χ4v) is 9.83. The van der Waals surface area contributed by atoms with Gasteiger partial charge in [-0.05, 0) is 92.4 Å². The quantitative estimate of drug-likeness (QED) is 0.139. The molecule has 6 unspecified atom stereocenters. The molecule has 5 aromatic rings. The predicted octanol–water partition coefficient (Wildman–Crippen LogP) is 8.20. The molecule has 1 N–H and O–H groups in total. The van der Waals surface area contributed by atoms with Crippen molar-refractivity contribution in [3.05, 3.63) is 111 Å². The van der Waals surface area contributed by atoms with Crippen LogP contribution in [0.2, 0.25) is 5.02 Å². The zero-order valence-corrected chi connectivity index (χ0v) is 31.1. The number of phenols is 1. The summed E-state index contributed by atoms with van der Waals surface area (Å²) in [5.41, 5.74) is 2.06. The summed E-state index contributed by atoms with van der Waals surface area (Å²) in [6.45, 7) is 1.69. The van der Waals surface area contributed by atoms with Crippen molar-refractivity contribution in [3.8, 4) is 23.0 Å². The average Bonchev–Trinajstić information content (AvgIpc) is 3.77. The van der Waals surface area contributed by atoms with Gasteiger partial charge in [0.1, 0.15) is 11.3 Å². The number of imide groups is 2. The summed E-state index contributed by atoms with van der Waals surface area (Å²) in [5.74, 6) is -6.30. The number of carbonyl (C=O) groups excluding carboxylic acids is 4. The van der Waals surface area contributed by atoms with Gasteiger partial charge in [0.25, 0.3) is 0 Å². The Morgan fingerprint density at radius 2 is 1.69 bits per heavy atom. The number of allylic oxidation sites excluding steroid dienone is 2. The van der Waals surface area contributed by atoms with Crippen LogP contribution in [0.4, 0.5) is 15.8 Å². The highest BCUT2D eigenvalue weighted by Crippen LogP contribution is 2.65. The molecule has 6 atom stereocenters. The van der Waals surface area contributed by atoms with Crippen LogP contribution in [0, 0.1) is 34.9 Å². The molecule has 1 saturated carbocycles. The largest absolute Gasteiger partial charge is 0.504 e. The van der Waals surface area contributed by atoms with Gasteiger partial charge in [0.05, 0.1) is 46.7 Å². The number of anilines is 2. The third kappa shape index (κ3) is 4.85. The molecule has 0 spiro atoms. The second-order valence-electron chi connectivity index (χ2n) is 14.4. The van der Waals surface area contributed by atoms with Crippen LogP contribution in [0.3, 0.4) is 0 Å². The minimum absolute atomic E-state index is 0.0887. The van der Waals surface area contributed by atoms with E-state index in [0.717, 1.165) is 11.0 Å². The molecule has 3 fully saturated rings. The molecule has 2 aliphatic carbocycles. The number of phenolic OH excluding ortho intramolecular Hbond substituents is 1. The molecule has 4 aliphatic rings. The second-order valence-corrected chi connectivity index (χ2v) is 15.7. The van der Waals surface area contributed by atoms with Crippen LogP contribution in [0.25, 0.3) is 22.6 Å². The van der Waals surface area contributed by atoms with E-state index in [1.54, 1.807) is 43.3 Å². The smallest absolute Gasteiger partial charge is 0.241 e. The van der Waals surface area contributed by atoms with E-state index in [-0.39, 0.29) is 41.0 Å². The number of aromatic hydroxyl groups is 1. The van der Waals surface area contributed by atoms with Gasteiger partial charge >= 0.3 is 0 Å². The van der Waals surface area contributed by atoms with Crippen LogP contribution >= 0.6 is 27.5 Å². The highest BCUT2D eigenvalue weighted by Gasteiger charge is 2.68. The number of para-hydroxylation sites is 2. The molecule has 54 heavy (non-hydrogen) atoms. The maximum Gasteiger partial charge on any atom is 0.241 e. The van der Waals surface area contributed by atoms with Gasteiger partial charge in [-0.15, -0.1) is 0 Å². The van der Waals surface area contributed by atoms with Gasteiger partial charge in [0.15, 0.2) is 17.1 Å². The summed E-state index contributed by atoms with van der Waals surface area (Å²) in [6.07, 6.45) is 2.19. The molecule has 3 heterocycles. The monoisotopic (exact) mass is 809 g/mol. The zero-order chi connectivity index (χ0) is 37.8. The van der Waals surface area contributed by atoms with Crippen LogP contribution in [0.5, 0.6) is 11.5 Å². The first-order valence-electron chi connectivity index (χ1n) is 17.4. The number of halogens is 3. The number of benzene rings is 4. The van der Waals surface area contributed by atoms with E-state index in [2.05, 4.69) is 20.9 Å². The Balaban J connectivity index is 1.12. The number of ether oxygens (including phenoxy) is 1. The summed E-state index contributed by atoms with van der Waals surface area (Å²) in [4.78, 5) is 64.7. The minimum atomic E-state index is -1.46. The molecule has 0 bridgehead atoms. The second kappa shape index (κ2) is 12.4. The third-order valence-electron chi connectivity index (χ3n) is 11.7. The number of carbonyl (C=O) groups is 4. The molecule has 1 aromatic heterocycles. The van der Waals surface area contributed by atoms with E-state index < -0.39 is 58.5 Å². The van der Waals surface area contributed by atoms with Gasteiger partial charge in [-0.25, -0.2) is 14.3 Å². The van der Waals surface area contributed by atoms with Crippen molar-refractivity contribution in [2.24, 2.45) is 29.1 Å². The summed E-state index contributed by atoms with van der Waals surface area (Å²) in [6, 6.07) is 21.2. The van der Waals surface area contributed by atoms with Gasteiger partial charge in [-0.2, -0.15) is 0 Å². The molecule has 9 rings (SSSR count). The first-order chi connectivity index (χ1) is 25.9. The Kier molecular flexibility index (Phi) is 7.88. The van der Waals surface area contributed by atoms with E-state index in [1.807, 2.05) is 30.3 Å². The summed E-state index contributed by atoms with van der Waals surface area (Å²) in [5, 5.41) is 11.4. The lowest BCUT2D eigenvalue weighted by atomic mass is 9.51. The summed E-state index contributed by atoms with van der Waals surface area (Å²) < 4.78 is 26.2. The first kappa shape index (κ1) is 34.4. The van der Waals surface area contributed by atoms with Crippen molar-refractivity contribution >= 4 is 73.6 Å². The van der Waals surface area contributed by atoms with Crippen LogP contribution in [0.1, 0.15) is 31.2 Å². The number of hydrogen-bond donors (Lipinski definition) is 1. The van der Waals surface area contributed by atoms with Crippen molar-refractivity contribution in [3.63, 3.8) is 0 Å². The van der Waals surface area contributed by atoms with Gasteiger partial charge in [-0.3, -0.25) is 24.1 Å². The summed E-state index contributed by atoms with van der Waals surface area (Å²) >= 11 is 9.62. The van der Waals surface area contributed by atoms with Gasteiger partial charge < -0.3 is 14.3 Å². The van der Waals surface area contributed by atoms with E-state index in [4.69, 9.17) is 20.8 Å². The zero-order valence-electron chi connectivity index (χ0n) is 28.8. The number of amides is 4. The maximum atomic E-state index is 14.7. The van der Waals surface area contributed by atoms with Gasteiger partial charge in [0, 0.05) is 21.5 Å². The highest BCUT2D eigenvalue weighted by molar-refractivity contribution is 9.10. The van der Waals surface area contributed by atoms with Crippen LogP contribution in [-0.4, -0.2) is 40.8 Å². The number of hydrogen-bond acceptors (Lipinski definition) is 8. The Morgan fingerprint density at radius 1 is 0.944 bits per heavy atom. The topological polar surface area (TPSA) is 130 Å². The van der Waals surface area contributed by atoms with E-state index in [0.29, 0.717) is 43.9 Å². The Bertz CT molecular complexity index is 2470. The molecule has 4 amide bonds.